The number of esters is 1. The molecule has 4 nitrogen and oxygen atoms in total. The van der Waals surface area contributed by atoms with E-state index in [1.165, 1.54) is 7.11 Å². The van der Waals surface area contributed by atoms with Crippen LogP contribution < -0.4 is 9.47 Å². The van der Waals surface area contributed by atoms with Gasteiger partial charge < -0.3 is 14.2 Å². The van der Waals surface area contributed by atoms with Crippen LogP contribution in [0.4, 0.5) is 0 Å². The molecule has 0 aromatic heterocycles. The van der Waals surface area contributed by atoms with Crippen molar-refractivity contribution < 1.29 is 19.0 Å². The first-order chi connectivity index (χ1) is 9.96. The third-order valence-corrected chi connectivity index (χ3v) is 3.45. The Morgan fingerprint density at radius 1 is 1.43 bits per heavy atom. The third-order valence-electron chi connectivity index (χ3n) is 3.45. The number of rotatable bonds is 5. The second-order valence-electron chi connectivity index (χ2n) is 5.67. The number of para-hydroxylation sites is 1. The SMILES string of the molecule is CCC(=CCOc1cccc2c1OC(C)(C)C2)C(=O)OC. The average molecular weight is 290 g/mol. The largest absolute Gasteiger partial charge is 0.486 e. The minimum atomic E-state index is -0.309. The summed E-state index contributed by atoms with van der Waals surface area (Å²) in [5.41, 5.74) is 1.58. The maximum Gasteiger partial charge on any atom is 0.333 e. The lowest BCUT2D eigenvalue weighted by molar-refractivity contribution is -0.136. The fraction of sp³-hybridized carbons (Fsp3) is 0.471. The predicted octanol–water partition coefficient (Wildman–Crippen LogP) is 3.29. The number of benzene rings is 1. The third kappa shape index (κ3) is 3.57. The van der Waals surface area contributed by atoms with E-state index in [1.807, 2.05) is 19.1 Å². The Morgan fingerprint density at radius 3 is 2.86 bits per heavy atom. The molecule has 0 saturated heterocycles. The molecule has 1 heterocycles. The molecule has 0 spiro atoms. The van der Waals surface area contributed by atoms with E-state index < -0.39 is 0 Å². The molecule has 0 unspecified atom stereocenters. The standard InChI is InChI=1S/C17H22O4/c1-5-12(16(18)19-4)9-10-20-14-8-6-7-13-11-17(2,3)21-15(13)14/h6-9H,5,10-11H2,1-4H3. The fourth-order valence-electron chi connectivity index (χ4n) is 2.44. The molecule has 0 bridgehead atoms. The van der Waals surface area contributed by atoms with Crippen LogP contribution >= 0.6 is 0 Å². The number of ether oxygens (including phenoxy) is 3. The van der Waals surface area contributed by atoms with Gasteiger partial charge in [-0.2, -0.15) is 0 Å². The molecule has 114 valence electrons. The van der Waals surface area contributed by atoms with Gasteiger partial charge in [0.05, 0.1) is 7.11 Å². The number of carbonyl (C=O) groups excluding carboxylic acids is 1. The topological polar surface area (TPSA) is 44.8 Å². The van der Waals surface area contributed by atoms with Crippen molar-refractivity contribution in [2.75, 3.05) is 13.7 Å². The lowest BCUT2D eigenvalue weighted by atomic mass is 10.0. The number of hydrogen-bond donors (Lipinski definition) is 0. The molecule has 0 aliphatic carbocycles. The number of hydrogen-bond acceptors (Lipinski definition) is 4. The van der Waals surface area contributed by atoms with Gasteiger partial charge in [-0.1, -0.05) is 19.1 Å². The second kappa shape index (κ2) is 6.20. The zero-order valence-electron chi connectivity index (χ0n) is 13.1. The summed E-state index contributed by atoms with van der Waals surface area (Å²) in [4.78, 5) is 11.5. The molecule has 0 atom stereocenters. The molecule has 0 saturated carbocycles. The van der Waals surface area contributed by atoms with Gasteiger partial charge in [-0.3, -0.25) is 0 Å². The van der Waals surface area contributed by atoms with E-state index >= 15 is 0 Å². The average Bonchev–Trinajstić information content (AvgIpc) is 2.77. The Bertz CT molecular complexity index is 558. The van der Waals surface area contributed by atoms with E-state index in [1.54, 1.807) is 6.08 Å². The number of carbonyl (C=O) groups is 1. The number of methoxy groups -OCH3 is 1. The smallest absolute Gasteiger partial charge is 0.333 e. The lowest BCUT2D eigenvalue weighted by Gasteiger charge is -2.18. The molecule has 21 heavy (non-hydrogen) atoms. The van der Waals surface area contributed by atoms with Gasteiger partial charge in [0.15, 0.2) is 11.5 Å². The molecule has 1 aliphatic rings. The van der Waals surface area contributed by atoms with Crippen LogP contribution in [0.15, 0.2) is 29.8 Å². The summed E-state index contributed by atoms with van der Waals surface area (Å²) < 4.78 is 16.4. The highest BCUT2D eigenvalue weighted by molar-refractivity contribution is 5.88. The normalized spacial score (nSPS) is 16.1. The maximum atomic E-state index is 11.5. The van der Waals surface area contributed by atoms with Crippen LogP contribution in [-0.4, -0.2) is 25.3 Å². The molecule has 2 rings (SSSR count). The van der Waals surface area contributed by atoms with Gasteiger partial charge in [-0.15, -0.1) is 0 Å². The summed E-state index contributed by atoms with van der Waals surface area (Å²) in [6.07, 6.45) is 3.25. The van der Waals surface area contributed by atoms with Gasteiger partial charge in [0.2, 0.25) is 0 Å². The Hall–Kier alpha value is -1.97. The summed E-state index contributed by atoms with van der Waals surface area (Å²) in [6, 6.07) is 5.90. The lowest BCUT2D eigenvalue weighted by Crippen LogP contribution is -2.24. The molecule has 0 N–H and O–H groups in total. The number of fused-ring (bicyclic) bond motifs is 1. The van der Waals surface area contributed by atoms with Crippen LogP contribution in [0.25, 0.3) is 0 Å². The van der Waals surface area contributed by atoms with E-state index in [0.29, 0.717) is 18.6 Å². The van der Waals surface area contributed by atoms with Gasteiger partial charge in [-0.05, 0) is 32.4 Å². The van der Waals surface area contributed by atoms with Crippen molar-refractivity contribution in [1.82, 2.24) is 0 Å². The van der Waals surface area contributed by atoms with Crippen molar-refractivity contribution in [1.29, 1.82) is 0 Å². The Morgan fingerprint density at radius 2 is 2.19 bits per heavy atom. The molecule has 0 fully saturated rings. The minimum absolute atomic E-state index is 0.196. The van der Waals surface area contributed by atoms with Gasteiger partial charge in [-0.25, -0.2) is 4.79 Å². The van der Waals surface area contributed by atoms with Crippen LogP contribution in [0.1, 0.15) is 32.8 Å². The van der Waals surface area contributed by atoms with Crippen LogP contribution in [0.3, 0.4) is 0 Å². The van der Waals surface area contributed by atoms with Crippen molar-refractivity contribution in [3.63, 3.8) is 0 Å². The molecule has 1 aromatic carbocycles. The molecular formula is C17H22O4. The van der Waals surface area contributed by atoms with Gasteiger partial charge in [0, 0.05) is 17.6 Å². The van der Waals surface area contributed by atoms with Crippen molar-refractivity contribution in [3.05, 3.63) is 35.4 Å². The highest BCUT2D eigenvalue weighted by atomic mass is 16.5. The Balaban J connectivity index is 2.08. The minimum Gasteiger partial charge on any atom is -0.486 e. The van der Waals surface area contributed by atoms with Crippen molar-refractivity contribution in [2.45, 2.75) is 39.2 Å². The molecule has 0 amide bonds. The van der Waals surface area contributed by atoms with E-state index in [4.69, 9.17) is 14.2 Å². The van der Waals surface area contributed by atoms with Crippen molar-refractivity contribution in [2.24, 2.45) is 0 Å². The van der Waals surface area contributed by atoms with Gasteiger partial charge in [0.25, 0.3) is 0 Å². The first-order valence-corrected chi connectivity index (χ1v) is 7.18. The maximum absolute atomic E-state index is 11.5. The van der Waals surface area contributed by atoms with Crippen LogP contribution in [-0.2, 0) is 16.0 Å². The zero-order chi connectivity index (χ0) is 15.5. The van der Waals surface area contributed by atoms with Gasteiger partial charge in [0.1, 0.15) is 12.2 Å². The van der Waals surface area contributed by atoms with Crippen molar-refractivity contribution in [3.8, 4) is 11.5 Å². The molecule has 0 radical (unpaired) electrons. The highest BCUT2D eigenvalue weighted by Crippen LogP contribution is 2.41. The summed E-state index contributed by atoms with van der Waals surface area (Å²) in [5, 5.41) is 0. The highest BCUT2D eigenvalue weighted by Gasteiger charge is 2.32. The van der Waals surface area contributed by atoms with E-state index in [9.17, 15) is 4.79 Å². The summed E-state index contributed by atoms with van der Waals surface area (Å²) >= 11 is 0. The Kier molecular flexibility index (Phi) is 4.56. The zero-order valence-corrected chi connectivity index (χ0v) is 13.1. The van der Waals surface area contributed by atoms with E-state index in [0.717, 1.165) is 23.5 Å². The first kappa shape index (κ1) is 15.4. The Labute approximate surface area is 125 Å². The monoisotopic (exact) mass is 290 g/mol. The fourth-order valence-corrected chi connectivity index (χ4v) is 2.44. The summed E-state index contributed by atoms with van der Waals surface area (Å²) in [5.74, 6) is 1.22. The van der Waals surface area contributed by atoms with Gasteiger partial charge >= 0.3 is 5.97 Å². The van der Waals surface area contributed by atoms with E-state index in [-0.39, 0.29) is 11.6 Å². The molecular weight excluding hydrogens is 268 g/mol. The quantitative estimate of drug-likeness (QED) is 0.616. The predicted molar refractivity (Wildman–Crippen MR) is 80.7 cm³/mol. The van der Waals surface area contributed by atoms with Crippen LogP contribution in [0.5, 0.6) is 11.5 Å². The first-order valence-electron chi connectivity index (χ1n) is 7.18. The molecule has 4 heteroatoms. The summed E-state index contributed by atoms with van der Waals surface area (Å²) in [6.45, 7) is 6.35. The second-order valence-corrected chi connectivity index (χ2v) is 5.67. The summed E-state index contributed by atoms with van der Waals surface area (Å²) in [7, 11) is 1.38. The van der Waals surface area contributed by atoms with Crippen LogP contribution in [0.2, 0.25) is 0 Å². The molecule has 1 aliphatic heterocycles. The van der Waals surface area contributed by atoms with E-state index in [2.05, 4.69) is 19.9 Å². The molecule has 1 aromatic rings. The van der Waals surface area contributed by atoms with Crippen molar-refractivity contribution >= 4 is 5.97 Å². The van der Waals surface area contributed by atoms with Crippen LogP contribution in [0, 0.1) is 0 Å².